The predicted octanol–water partition coefficient (Wildman–Crippen LogP) is 3.32. The minimum atomic E-state index is 0.0953. The van der Waals surface area contributed by atoms with E-state index in [0.29, 0.717) is 5.92 Å². The number of fused-ring (bicyclic) bond motifs is 1. The molecule has 0 saturated carbocycles. The molecule has 94 valence electrons. The third kappa shape index (κ3) is 2.06. The highest BCUT2D eigenvalue weighted by Crippen LogP contribution is 2.42. The lowest BCUT2D eigenvalue weighted by atomic mass is 9.80. The molecular weight excluding hydrogens is 210 g/mol. The highest BCUT2D eigenvalue weighted by atomic mass is 16.5. The number of ether oxygens (including phenoxy) is 1. The van der Waals surface area contributed by atoms with Crippen molar-refractivity contribution in [2.24, 2.45) is 11.7 Å². The topological polar surface area (TPSA) is 35.2 Å². The second-order valence-corrected chi connectivity index (χ2v) is 6.24. The summed E-state index contributed by atoms with van der Waals surface area (Å²) < 4.78 is 5.96. The van der Waals surface area contributed by atoms with Crippen molar-refractivity contribution in [2.45, 2.75) is 46.1 Å². The monoisotopic (exact) mass is 233 g/mol. The molecule has 0 spiro atoms. The summed E-state index contributed by atoms with van der Waals surface area (Å²) in [6.45, 7) is 11.6. The Hall–Kier alpha value is -1.02. The minimum Gasteiger partial charge on any atom is -0.493 e. The zero-order valence-electron chi connectivity index (χ0n) is 11.5. The fourth-order valence-corrected chi connectivity index (χ4v) is 2.46. The number of nitrogens with two attached hydrogens (primary N) is 1. The SMILES string of the molecule is Cc1ccc(C(C)(C)C)c2c1C(N)C(C)CO2. The standard InChI is InChI=1S/C15H23NO/c1-9-6-7-11(15(3,4)5)14-12(9)13(16)10(2)8-17-14/h6-7,10,13H,8,16H2,1-5H3. The van der Waals surface area contributed by atoms with Gasteiger partial charge in [0.15, 0.2) is 0 Å². The Morgan fingerprint density at radius 1 is 1.29 bits per heavy atom. The summed E-state index contributed by atoms with van der Waals surface area (Å²) in [4.78, 5) is 0. The molecule has 0 bridgehead atoms. The molecule has 1 aliphatic heterocycles. The van der Waals surface area contributed by atoms with Gasteiger partial charge < -0.3 is 10.5 Å². The maximum absolute atomic E-state index is 6.32. The van der Waals surface area contributed by atoms with E-state index < -0.39 is 0 Å². The van der Waals surface area contributed by atoms with Crippen LogP contribution in [0.25, 0.3) is 0 Å². The summed E-state index contributed by atoms with van der Waals surface area (Å²) in [5.41, 5.74) is 10.1. The first-order valence-corrected chi connectivity index (χ1v) is 6.34. The lowest BCUT2D eigenvalue weighted by Gasteiger charge is -2.34. The zero-order valence-corrected chi connectivity index (χ0v) is 11.5. The van der Waals surface area contributed by atoms with Gasteiger partial charge in [0.1, 0.15) is 5.75 Å². The van der Waals surface area contributed by atoms with Crippen molar-refractivity contribution in [2.75, 3.05) is 6.61 Å². The van der Waals surface area contributed by atoms with Crippen LogP contribution in [0.2, 0.25) is 0 Å². The van der Waals surface area contributed by atoms with Crippen molar-refractivity contribution >= 4 is 0 Å². The molecule has 0 amide bonds. The van der Waals surface area contributed by atoms with E-state index in [1.54, 1.807) is 0 Å². The van der Waals surface area contributed by atoms with Gasteiger partial charge in [-0.3, -0.25) is 0 Å². The second-order valence-electron chi connectivity index (χ2n) is 6.24. The van der Waals surface area contributed by atoms with Crippen LogP contribution >= 0.6 is 0 Å². The highest BCUT2D eigenvalue weighted by molar-refractivity contribution is 5.51. The van der Waals surface area contributed by atoms with Crippen LogP contribution in [0.4, 0.5) is 0 Å². The Labute approximate surface area is 104 Å². The first-order valence-electron chi connectivity index (χ1n) is 6.34. The van der Waals surface area contributed by atoms with Crippen LogP contribution in [0.1, 0.15) is 50.4 Å². The fourth-order valence-electron chi connectivity index (χ4n) is 2.46. The summed E-state index contributed by atoms with van der Waals surface area (Å²) in [5, 5.41) is 0. The normalized spacial score (nSPS) is 24.1. The van der Waals surface area contributed by atoms with Crippen molar-refractivity contribution < 1.29 is 4.74 Å². The van der Waals surface area contributed by atoms with Gasteiger partial charge in [-0.1, -0.05) is 39.8 Å². The Morgan fingerprint density at radius 2 is 1.94 bits per heavy atom. The van der Waals surface area contributed by atoms with Crippen LogP contribution in [-0.2, 0) is 5.41 Å². The Morgan fingerprint density at radius 3 is 2.53 bits per heavy atom. The van der Waals surface area contributed by atoms with Crippen LogP contribution in [-0.4, -0.2) is 6.61 Å². The van der Waals surface area contributed by atoms with Crippen molar-refractivity contribution in [3.05, 3.63) is 28.8 Å². The molecule has 2 nitrogen and oxygen atoms in total. The van der Waals surface area contributed by atoms with Crippen LogP contribution in [0.15, 0.2) is 12.1 Å². The van der Waals surface area contributed by atoms with Crippen molar-refractivity contribution in [1.29, 1.82) is 0 Å². The van der Waals surface area contributed by atoms with E-state index in [2.05, 4.69) is 46.8 Å². The molecule has 0 saturated heterocycles. The molecule has 1 aromatic carbocycles. The van der Waals surface area contributed by atoms with Crippen LogP contribution in [0, 0.1) is 12.8 Å². The summed E-state index contributed by atoms with van der Waals surface area (Å²) in [6, 6.07) is 4.44. The molecule has 2 unspecified atom stereocenters. The number of aryl methyl sites for hydroxylation is 1. The predicted molar refractivity (Wildman–Crippen MR) is 71.5 cm³/mol. The zero-order chi connectivity index (χ0) is 12.8. The van der Waals surface area contributed by atoms with Gasteiger partial charge in [-0.2, -0.15) is 0 Å². The van der Waals surface area contributed by atoms with Crippen molar-refractivity contribution in [3.63, 3.8) is 0 Å². The minimum absolute atomic E-state index is 0.0953. The smallest absolute Gasteiger partial charge is 0.128 e. The molecule has 2 heteroatoms. The van der Waals surface area contributed by atoms with Crippen LogP contribution in [0.3, 0.4) is 0 Å². The van der Waals surface area contributed by atoms with Crippen molar-refractivity contribution in [3.8, 4) is 5.75 Å². The summed E-state index contributed by atoms with van der Waals surface area (Å²) >= 11 is 0. The first-order chi connectivity index (χ1) is 7.82. The third-order valence-electron chi connectivity index (χ3n) is 3.66. The van der Waals surface area contributed by atoms with Gasteiger partial charge >= 0.3 is 0 Å². The number of benzene rings is 1. The van der Waals surface area contributed by atoms with Gasteiger partial charge in [0.25, 0.3) is 0 Å². The van der Waals surface area contributed by atoms with Crippen molar-refractivity contribution in [1.82, 2.24) is 0 Å². The van der Waals surface area contributed by atoms with Gasteiger partial charge in [0.05, 0.1) is 6.61 Å². The molecule has 0 fully saturated rings. The molecular formula is C15H23NO. The van der Waals surface area contributed by atoms with E-state index in [1.165, 1.54) is 16.7 Å². The van der Waals surface area contributed by atoms with E-state index in [4.69, 9.17) is 10.5 Å². The quantitative estimate of drug-likeness (QED) is 0.746. The van der Waals surface area contributed by atoms with E-state index in [1.807, 2.05) is 0 Å². The maximum Gasteiger partial charge on any atom is 0.128 e. The lowest BCUT2D eigenvalue weighted by Crippen LogP contribution is -2.31. The average Bonchev–Trinajstić information content (AvgIpc) is 2.21. The Bertz CT molecular complexity index is 431. The van der Waals surface area contributed by atoms with Gasteiger partial charge in [0, 0.05) is 17.5 Å². The Balaban J connectivity index is 2.62. The Kier molecular flexibility index (Phi) is 2.94. The molecule has 0 aliphatic carbocycles. The van der Waals surface area contributed by atoms with Crippen LogP contribution in [0.5, 0.6) is 5.75 Å². The number of rotatable bonds is 0. The highest BCUT2D eigenvalue weighted by Gasteiger charge is 2.31. The second kappa shape index (κ2) is 4.02. The molecule has 1 aromatic rings. The van der Waals surface area contributed by atoms with E-state index in [-0.39, 0.29) is 11.5 Å². The molecule has 2 atom stereocenters. The molecule has 17 heavy (non-hydrogen) atoms. The molecule has 1 heterocycles. The molecule has 1 aliphatic rings. The number of hydrogen-bond acceptors (Lipinski definition) is 2. The maximum atomic E-state index is 6.32. The third-order valence-corrected chi connectivity index (χ3v) is 3.66. The summed E-state index contributed by atoms with van der Waals surface area (Å²) in [6.07, 6.45) is 0. The number of hydrogen-bond donors (Lipinski definition) is 1. The van der Waals surface area contributed by atoms with E-state index in [0.717, 1.165) is 12.4 Å². The fraction of sp³-hybridized carbons (Fsp3) is 0.600. The lowest BCUT2D eigenvalue weighted by molar-refractivity contribution is 0.202. The average molecular weight is 233 g/mol. The van der Waals surface area contributed by atoms with Gasteiger partial charge in [-0.25, -0.2) is 0 Å². The first kappa shape index (κ1) is 12.4. The summed E-state index contributed by atoms with van der Waals surface area (Å²) in [7, 11) is 0. The van der Waals surface area contributed by atoms with Gasteiger partial charge in [-0.15, -0.1) is 0 Å². The molecule has 0 aromatic heterocycles. The molecule has 0 radical (unpaired) electrons. The molecule has 2 rings (SSSR count). The summed E-state index contributed by atoms with van der Waals surface area (Å²) in [5.74, 6) is 1.42. The van der Waals surface area contributed by atoms with E-state index >= 15 is 0 Å². The molecule has 2 N–H and O–H groups in total. The largest absolute Gasteiger partial charge is 0.493 e. The van der Waals surface area contributed by atoms with Gasteiger partial charge in [-0.05, 0) is 23.5 Å². The van der Waals surface area contributed by atoms with E-state index in [9.17, 15) is 0 Å². The van der Waals surface area contributed by atoms with Crippen LogP contribution < -0.4 is 10.5 Å². The van der Waals surface area contributed by atoms with Gasteiger partial charge in [0.2, 0.25) is 0 Å².